The van der Waals surface area contributed by atoms with Gasteiger partial charge >= 0.3 is 0 Å². The SMILES string of the molecule is O=C(c1ccccc1)C(O)[C@](O)(C(=O)c1ccccc1)[C@H]1OC(O)[C@H](O)[C@@]1(O)C(=O)c1ccccc1. The Morgan fingerprint density at radius 1 is 0.778 bits per heavy atom. The summed E-state index contributed by atoms with van der Waals surface area (Å²) in [5.41, 5.74) is -6.85. The number of ether oxygens (including phenoxy) is 1. The van der Waals surface area contributed by atoms with Crippen LogP contribution in [0.5, 0.6) is 0 Å². The third-order valence-corrected chi connectivity index (χ3v) is 6.32. The predicted octanol–water partition coefficient (Wildman–Crippen LogP) is 0.536. The molecule has 1 aliphatic heterocycles. The first-order valence-corrected chi connectivity index (χ1v) is 11.1. The number of carbonyl (C=O) groups is 3. The molecule has 0 aromatic heterocycles. The standard InChI is InChI=1S/C27H24O9/c28-19(16-10-4-1-5-11-16)22(31)26(34,20(29)17-12-6-2-7-13-17)25-27(35,23(32)24(33)36-25)21(30)18-14-8-3-9-15-18/h1-15,22-25,31-35H/t22?,23-,24?,25+,26+,27-/m0/s1. The molecule has 0 bridgehead atoms. The predicted molar refractivity (Wildman–Crippen MR) is 125 cm³/mol. The second-order valence-corrected chi connectivity index (χ2v) is 8.53. The maximum absolute atomic E-state index is 13.7. The van der Waals surface area contributed by atoms with E-state index in [1.807, 2.05) is 0 Å². The summed E-state index contributed by atoms with van der Waals surface area (Å²) in [6.07, 6.45) is -9.57. The van der Waals surface area contributed by atoms with Gasteiger partial charge in [-0.05, 0) is 0 Å². The molecule has 1 aliphatic rings. The van der Waals surface area contributed by atoms with Gasteiger partial charge in [-0.3, -0.25) is 14.4 Å². The highest BCUT2D eigenvalue weighted by Gasteiger charge is 2.70. The lowest BCUT2D eigenvalue weighted by Gasteiger charge is -2.41. The van der Waals surface area contributed by atoms with Crippen LogP contribution in [-0.2, 0) is 4.74 Å². The van der Waals surface area contributed by atoms with Crippen LogP contribution in [0.4, 0.5) is 0 Å². The molecule has 0 saturated carbocycles. The molecular weight excluding hydrogens is 468 g/mol. The van der Waals surface area contributed by atoms with Crippen molar-refractivity contribution in [2.45, 2.75) is 35.8 Å². The number of aliphatic hydroxyl groups excluding tert-OH is 3. The Kier molecular flexibility index (Phi) is 6.96. The molecule has 6 atom stereocenters. The molecule has 0 spiro atoms. The van der Waals surface area contributed by atoms with Crippen LogP contribution in [0.1, 0.15) is 31.1 Å². The number of aliphatic hydroxyl groups is 5. The number of carbonyl (C=O) groups excluding carboxylic acids is 3. The van der Waals surface area contributed by atoms with Crippen LogP contribution in [-0.4, -0.2) is 78.7 Å². The second-order valence-electron chi connectivity index (χ2n) is 8.53. The zero-order valence-electron chi connectivity index (χ0n) is 18.8. The van der Waals surface area contributed by atoms with Gasteiger partial charge in [-0.1, -0.05) is 91.0 Å². The fraction of sp³-hybridized carbons (Fsp3) is 0.222. The van der Waals surface area contributed by atoms with Gasteiger partial charge in [0.15, 0.2) is 40.9 Å². The number of hydrogen-bond acceptors (Lipinski definition) is 9. The Morgan fingerprint density at radius 2 is 1.22 bits per heavy atom. The fourth-order valence-electron chi connectivity index (χ4n) is 4.37. The van der Waals surface area contributed by atoms with Gasteiger partial charge < -0.3 is 30.3 Å². The van der Waals surface area contributed by atoms with Crippen molar-refractivity contribution >= 4 is 17.3 Å². The molecule has 4 rings (SSSR count). The molecule has 5 N–H and O–H groups in total. The van der Waals surface area contributed by atoms with Gasteiger partial charge in [0, 0.05) is 16.7 Å². The van der Waals surface area contributed by atoms with Crippen molar-refractivity contribution in [2.75, 3.05) is 0 Å². The first kappa shape index (κ1) is 25.5. The highest BCUT2D eigenvalue weighted by Crippen LogP contribution is 2.42. The minimum Gasteiger partial charge on any atom is -0.384 e. The highest BCUT2D eigenvalue weighted by molar-refractivity contribution is 6.12. The highest BCUT2D eigenvalue weighted by atomic mass is 16.7. The van der Waals surface area contributed by atoms with E-state index in [-0.39, 0.29) is 16.7 Å². The Balaban J connectivity index is 1.89. The van der Waals surface area contributed by atoms with Crippen molar-refractivity contribution in [1.82, 2.24) is 0 Å². The average molecular weight is 492 g/mol. The molecule has 36 heavy (non-hydrogen) atoms. The maximum Gasteiger partial charge on any atom is 0.200 e. The lowest BCUT2D eigenvalue weighted by Crippen LogP contribution is -2.70. The van der Waals surface area contributed by atoms with Gasteiger partial charge in [-0.15, -0.1) is 0 Å². The van der Waals surface area contributed by atoms with Gasteiger partial charge in [0.2, 0.25) is 0 Å². The summed E-state index contributed by atoms with van der Waals surface area (Å²) in [4.78, 5) is 40.3. The summed E-state index contributed by atoms with van der Waals surface area (Å²) < 4.78 is 5.20. The third-order valence-electron chi connectivity index (χ3n) is 6.32. The summed E-state index contributed by atoms with van der Waals surface area (Å²) in [6, 6.07) is 21.5. The van der Waals surface area contributed by atoms with Gasteiger partial charge in [0.05, 0.1) is 0 Å². The van der Waals surface area contributed by atoms with Gasteiger partial charge in [-0.2, -0.15) is 0 Å². The lowest BCUT2D eigenvalue weighted by atomic mass is 9.71. The van der Waals surface area contributed by atoms with Crippen LogP contribution in [0.25, 0.3) is 0 Å². The number of hydrogen-bond donors (Lipinski definition) is 5. The Labute approximate surface area is 205 Å². The van der Waals surface area contributed by atoms with E-state index in [1.54, 1.807) is 18.2 Å². The number of rotatable bonds is 8. The minimum absolute atomic E-state index is 0.0821. The molecule has 1 heterocycles. The summed E-state index contributed by atoms with van der Waals surface area (Å²) in [5, 5.41) is 55.4. The van der Waals surface area contributed by atoms with Crippen LogP contribution in [0, 0.1) is 0 Å². The van der Waals surface area contributed by atoms with E-state index in [2.05, 4.69) is 0 Å². The zero-order valence-corrected chi connectivity index (χ0v) is 18.8. The van der Waals surface area contributed by atoms with Gasteiger partial charge in [0.1, 0.15) is 12.2 Å². The Morgan fingerprint density at radius 3 is 1.72 bits per heavy atom. The average Bonchev–Trinajstić information content (AvgIpc) is 3.17. The number of benzene rings is 3. The zero-order chi connectivity index (χ0) is 26.1. The first-order valence-electron chi connectivity index (χ1n) is 11.1. The van der Waals surface area contributed by atoms with Crippen LogP contribution in [0.15, 0.2) is 91.0 Å². The summed E-state index contributed by atoms with van der Waals surface area (Å²) in [7, 11) is 0. The van der Waals surface area contributed by atoms with E-state index in [0.717, 1.165) is 0 Å². The monoisotopic (exact) mass is 492 g/mol. The van der Waals surface area contributed by atoms with Gasteiger partial charge in [0.25, 0.3) is 0 Å². The fourth-order valence-corrected chi connectivity index (χ4v) is 4.37. The Bertz CT molecular complexity index is 1250. The van der Waals surface area contributed by atoms with E-state index in [0.29, 0.717) is 0 Å². The van der Waals surface area contributed by atoms with Crippen molar-refractivity contribution in [3.8, 4) is 0 Å². The number of ketones is 3. The van der Waals surface area contributed by atoms with Crippen molar-refractivity contribution in [3.63, 3.8) is 0 Å². The molecule has 0 aliphatic carbocycles. The smallest absolute Gasteiger partial charge is 0.200 e. The van der Waals surface area contributed by atoms with Crippen molar-refractivity contribution in [3.05, 3.63) is 108 Å². The van der Waals surface area contributed by atoms with Crippen LogP contribution in [0.3, 0.4) is 0 Å². The topological polar surface area (TPSA) is 162 Å². The normalized spacial score (nSPS) is 26.1. The van der Waals surface area contributed by atoms with Crippen molar-refractivity contribution < 1.29 is 44.7 Å². The summed E-state index contributed by atoms with van der Waals surface area (Å²) >= 11 is 0. The van der Waals surface area contributed by atoms with E-state index in [4.69, 9.17) is 4.74 Å². The molecular formula is C27H24O9. The third kappa shape index (κ3) is 4.07. The molecule has 0 amide bonds. The quantitative estimate of drug-likeness (QED) is 0.283. The molecule has 186 valence electrons. The second kappa shape index (κ2) is 9.82. The van der Waals surface area contributed by atoms with Crippen LogP contribution >= 0.6 is 0 Å². The van der Waals surface area contributed by atoms with E-state index < -0.39 is 53.2 Å². The van der Waals surface area contributed by atoms with Crippen molar-refractivity contribution in [1.29, 1.82) is 0 Å². The molecule has 1 fully saturated rings. The van der Waals surface area contributed by atoms with Crippen molar-refractivity contribution in [2.24, 2.45) is 0 Å². The van der Waals surface area contributed by atoms with E-state index in [1.165, 1.54) is 72.8 Å². The van der Waals surface area contributed by atoms with E-state index in [9.17, 15) is 39.9 Å². The largest absolute Gasteiger partial charge is 0.384 e. The van der Waals surface area contributed by atoms with E-state index >= 15 is 0 Å². The molecule has 1 saturated heterocycles. The lowest BCUT2D eigenvalue weighted by molar-refractivity contribution is -0.183. The van der Waals surface area contributed by atoms with Gasteiger partial charge in [-0.25, -0.2) is 0 Å². The van der Waals surface area contributed by atoms with Crippen LogP contribution < -0.4 is 0 Å². The Hall–Kier alpha value is -3.57. The summed E-state index contributed by atoms with van der Waals surface area (Å²) in [6.45, 7) is 0. The molecule has 9 heteroatoms. The van der Waals surface area contributed by atoms with Crippen LogP contribution in [0.2, 0.25) is 0 Å². The minimum atomic E-state index is -3.31. The molecule has 3 aromatic carbocycles. The molecule has 3 aromatic rings. The first-order chi connectivity index (χ1) is 17.1. The number of Topliss-reactive ketones (excluding diaryl/α,β-unsaturated/α-hetero) is 3. The molecule has 2 unspecified atom stereocenters. The molecule has 9 nitrogen and oxygen atoms in total. The maximum atomic E-state index is 13.7. The molecule has 0 radical (unpaired) electrons. The summed E-state index contributed by atoms with van der Waals surface area (Å²) in [5.74, 6) is -3.59.